The molecule has 0 radical (unpaired) electrons. The molecule has 2 aliphatic rings. The van der Waals surface area contributed by atoms with E-state index in [1.54, 1.807) is 10.9 Å². The molecule has 0 aliphatic heterocycles. The Hall–Kier alpha value is -1.85. The SMILES string of the molecule is O=c1[nH]c(=O)n(CC2CCCCC2)c2c1ncn2CC1CCCCC1. The molecule has 2 heterocycles. The molecule has 0 amide bonds. The lowest BCUT2D eigenvalue weighted by atomic mass is 9.89. The molecule has 136 valence electrons. The summed E-state index contributed by atoms with van der Waals surface area (Å²) in [4.78, 5) is 31.5. The van der Waals surface area contributed by atoms with Crippen LogP contribution in [0.1, 0.15) is 64.2 Å². The molecule has 2 aromatic rings. The van der Waals surface area contributed by atoms with Crippen molar-refractivity contribution in [2.75, 3.05) is 0 Å². The first-order valence-electron chi connectivity index (χ1n) is 9.90. The van der Waals surface area contributed by atoms with Gasteiger partial charge in [0.15, 0.2) is 5.52 Å². The molecule has 0 aromatic carbocycles. The van der Waals surface area contributed by atoms with Gasteiger partial charge in [-0.05, 0) is 37.5 Å². The predicted molar refractivity (Wildman–Crippen MR) is 97.8 cm³/mol. The van der Waals surface area contributed by atoms with Gasteiger partial charge in [-0.15, -0.1) is 0 Å². The Balaban J connectivity index is 1.70. The smallest absolute Gasteiger partial charge is 0.316 e. The van der Waals surface area contributed by atoms with Crippen molar-refractivity contribution in [2.45, 2.75) is 77.3 Å². The van der Waals surface area contributed by atoms with Gasteiger partial charge in [-0.1, -0.05) is 38.5 Å². The third-order valence-corrected chi connectivity index (χ3v) is 6.09. The first kappa shape index (κ1) is 16.6. The highest BCUT2D eigenvalue weighted by molar-refractivity contribution is 5.69. The third-order valence-electron chi connectivity index (χ3n) is 6.09. The van der Waals surface area contributed by atoms with E-state index in [2.05, 4.69) is 14.5 Å². The van der Waals surface area contributed by atoms with Gasteiger partial charge in [0.2, 0.25) is 0 Å². The standard InChI is InChI=1S/C19H28N4O2/c24-17-16-18(22(13-20-16)11-14-7-3-1-4-8-14)23(19(25)21-17)12-15-9-5-2-6-10-15/h13-15H,1-12H2,(H,21,24,25). The van der Waals surface area contributed by atoms with Crippen molar-refractivity contribution in [1.29, 1.82) is 0 Å². The predicted octanol–water partition coefficient (Wildman–Crippen LogP) is 3.05. The zero-order valence-corrected chi connectivity index (χ0v) is 14.9. The molecule has 6 nitrogen and oxygen atoms in total. The number of aromatic nitrogens is 4. The third kappa shape index (κ3) is 3.44. The molecule has 0 unspecified atom stereocenters. The number of hydrogen-bond acceptors (Lipinski definition) is 3. The van der Waals surface area contributed by atoms with E-state index in [0.717, 1.165) is 12.2 Å². The van der Waals surface area contributed by atoms with Crippen LogP contribution in [0, 0.1) is 11.8 Å². The maximum Gasteiger partial charge on any atom is 0.330 e. The lowest BCUT2D eigenvalue weighted by Gasteiger charge is -2.24. The quantitative estimate of drug-likeness (QED) is 0.926. The zero-order valence-electron chi connectivity index (χ0n) is 14.9. The number of aromatic amines is 1. The fraction of sp³-hybridized carbons (Fsp3) is 0.737. The van der Waals surface area contributed by atoms with Crippen LogP contribution in [0.2, 0.25) is 0 Å². The van der Waals surface area contributed by atoms with Crippen LogP contribution < -0.4 is 11.2 Å². The summed E-state index contributed by atoms with van der Waals surface area (Å²) in [5.74, 6) is 1.15. The van der Waals surface area contributed by atoms with Crippen molar-refractivity contribution in [3.8, 4) is 0 Å². The number of hydrogen-bond donors (Lipinski definition) is 1. The van der Waals surface area contributed by atoms with E-state index in [4.69, 9.17) is 0 Å². The highest BCUT2D eigenvalue weighted by atomic mass is 16.2. The molecule has 2 saturated carbocycles. The maximum absolute atomic E-state index is 12.5. The summed E-state index contributed by atoms with van der Waals surface area (Å²) >= 11 is 0. The number of H-pyrrole nitrogens is 1. The highest BCUT2D eigenvalue weighted by Gasteiger charge is 2.21. The first-order valence-corrected chi connectivity index (χ1v) is 9.90. The van der Waals surface area contributed by atoms with Gasteiger partial charge in [0.25, 0.3) is 5.56 Å². The van der Waals surface area contributed by atoms with Crippen LogP contribution in [0.15, 0.2) is 15.9 Å². The Bertz CT molecular complexity index is 835. The largest absolute Gasteiger partial charge is 0.330 e. The van der Waals surface area contributed by atoms with Gasteiger partial charge in [0, 0.05) is 13.1 Å². The number of rotatable bonds is 4. The summed E-state index contributed by atoms with van der Waals surface area (Å²) in [5, 5.41) is 0. The van der Waals surface area contributed by atoms with Gasteiger partial charge in [-0.25, -0.2) is 9.78 Å². The summed E-state index contributed by atoms with van der Waals surface area (Å²) in [6.45, 7) is 1.56. The molecule has 1 N–H and O–H groups in total. The monoisotopic (exact) mass is 344 g/mol. The minimum atomic E-state index is -0.359. The van der Waals surface area contributed by atoms with Crippen LogP contribution in [0.25, 0.3) is 11.2 Å². The van der Waals surface area contributed by atoms with E-state index in [1.165, 1.54) is 64.2 Å². The normalized spacial score (nSPS) is 20.3. The van der Waals surface area contributed by atoms with E-state index in [1.807, 2.05) is 0 Å². The fourth-order valence-electron chi connectivity index (χ4n) is 4.72. The number of imidazole rings is 1. The summed E-state index contributed by atoms with van der Waals surface area (Å²) in [6.07, 6.45) is 14.2. The second-order valence-electron chi connectivity index (χ2n) is 7.95. The number of nitrogens with one attached hydrogen (secondary N) is 1. The second-order valence-corrected chi connectivity index (χ2v) is 7.95. The van der Waals surface area contributed by atoms with Gasteiger partial charge < -0.3 is 4.57 Å². The van der Waals surface area contributed by atoms with Crippen LogP contribution >= 0.6 is 0 Å². The average Bonchev–Trinajstić information content (AvgIpc) is 3.04. The summed E-state index contributed by atoms with van der Waals surface area (Å²) in [5.41, 5.74) is 0.492. The van der Waals surface area contributed by atoms with Crippen LogP contribution in [0.4, 0.5) is 0 Å². The molecule has 0 spiro atoms. The van der Waals surface area contributed by atoms with E-state index >= 15 is 0 Å². The Morgan fingerprint density at radius 1 is 0.920 bits per heavy atom. The average molecular weight is 344 g/mol. The van der Waals surface area contributed by atoms with Crippen molar-refractivity contribution < 1.29 is 0 Å². The molecular weight excluding hydrogens is 316 g/mol. The molecule has 6 heteroatoms. The molecule has 25 heavy (non-hydrogen) atoms. The van der Waals surface area contributed by atoms with E-state index in [-0.39, 0.29) is 11.2 Å². The Morgan fingerprint density at radius 2 is 1.52 bits per heavy atom. The summed E-state index contributed by atoms with van der Waals surface area (Å²) in [6, 6.07) is 0. The van der Waals surface area contributed by atoms with E-state index < -0.39 is 0 Å². The van der Waals surface area contributed by atoms with E-state index in [9.17, 15) is 9.59 Å². The van der Waals surface area contributed by atoms with Gasteiger partial charge in [0.1, 0.15) is 5.65 Å². The Labute approximate surface area is 147 Å². The van der Waals surface area contributed by atoms with Gasteiger partial charge >= 0.3 is 5.69 Å². The Kier molecular flexibility index (Phi) is 4.77. The minimum absolute atomic E-state index is 0.284. The molecule has 0 bridgehead atoms. The molecule has 4 rings (SSSR count). The van der Waals surface area contributed by atoms with Gasteiger partial charge in [0.05, 0.1) is 6.33 Å². The topological polar surface area (TPSA) is 72.7 Å². The molecular formula is C19H28N4O2. The van der Waals surface area contributed by atoms with Gasteiger partial charge in [-0.3, -0.25) is 14.3 Å². The van der Waals surface area contributed by atoms with Crippen molar-refractivity contribution >= 4 is 11.2 Å². The number of fused-ring (bicyclic) bond motifs is 1. The lowest BCUT2D eigenvalue weighted by molar-refractivity contribution is 0.308. The second kappa shape index (κ2) is 7.18. The van der Waals surface area contributed by atoms with Crippen LogP contribution in [0.3, 0.4) is 0 Å². The molecule has 2 aliphatic carbocycles. The van der Waals surface area contributed by atoms with Crippen LogP contribution in [0.5, 0.6) is 0 Å². The van der Waals surface area contributed by atoms with Crippen molar-refractivity contribution in [3.05, 3.63) is 27.2 Å². The van der Waals surface area contributed by atoms with Crippen LogP contribution in [-0.4, -0.2) is 19.1 Å². The minimum Gasteiger partial charge on any atom is -0.316 e. The van der Waals surface area contributed by atoms with E-state index in [0.29, 0.717) is 23.9 Å². The fourth-order valence-corrected chi connectivity index (χ4v) is 4.72. The zero-order chi connectivity index (χ0) is 17.2. The summed E-state index contributed by atoms with van der Waals surface area (Å²) in [7, 11) is 0. The number of nitrogens with zero attached hydrogens (tertiary/aromatic N) is 3. The van der Waals surface area contributed by atoms with Crippen molar-refractivity contribution in [2.24, 2.45) is 11.8 Å². The molecule has 2 aromatic heterocycles. The van der Waals surface area contributed by atoms with Crippen LogP contribution in [-0.2, 0) is 13.1 Å². The van der Waals surface area contributed by atoms with Gasteiger partial charge in [-0.2, -0.15) is 0 Å². The maximum atomic E-state index is 12.5. The first-order chi connectivity index (χ1) is 12.2. The molecule has 0 atom stereocenters. The Morgan fingerprint density at radius 3 is 2.16 bits per heavy atom. The van der Waals surface area contributed by atoms with Crippen molar-refractivity contribution in [1.82, 2.24) is 19.1 Å². The molecule has 2 fully saturated rings. The lowest BCUT2D eigenvalue weighted by Crippen LogP contribution is -2.33. The van der Waals surface area contributed by atoms with Crippen molar-refractivity contribution in [3.63, 3.8) is 0 Å². The summed E-state index contributed by atoms with van der Waals surface area (Å²) < 4.78 is 3.84. The highest BCUT2D eigenvalue weighted by Crippen LogP contribution is 2.27. The molecule has 0 saturated heterocycles.